The number of rotatable bonds is 4. The molecule has 3 aromatic rings. The predicted octanol–water partition coefficient (Wildman–Crippen LogP) is 2.48. The predicted molar refractivity (Wildman–Crippen MR) is 210 cm³/mol. The molecule has 0 aromatic heterocycles. The first-order valence-electron chi connectivity index (χ1n) is 18.5. The van der Waals surface area contributed by atoms with Gasteiger partial charge in [0.05, 0.1) is 7.11 Å². The van der Waals surface area contributed by atoms with Crippen LogP contribution in [0.15, 0.2) is 73.3 Å². The number of carbonyl (C=O) groups is 6. The van der Waals surface area contributed by atoms with Crippen molar-refractivity contribution >= 4 is 41.5 Å². The summed E-state index contributed by atoms with van der Waals surface area (Å²) in [6.45, 7) is 8.25. The average Bonchev–Trinajstić information content (AvgIpc) is 3.19. The molecule has 6 amide bonds. The lowest BCUT2D eigenvalue weighted by Crippen LogP contribution is -2.61. The molecule has 14 nitrogen and oxygen atoms in total. The Morgan fingerprint density at radius 1 is 0.679 bits per heavy atom. The maximum atomic E-state index is 14.7. The number of benzene rings is 3. The summed E-state index contributed by atoms with van der Waals surface area (Å²) in [5.41, 5.74) is 2.94. The fraction of sp³-hybridized carbons (Fsp3) is 0.381. The van der Waals surface area contributed by atoms with Crippen molar-refractivity contribution in [2.24, 2.45) is 0 Å². The van der Waals surface area contributed by atoms with Crippen LogP contribution in [0.25, 0.3) is 6.08 Å². The summed E-state index contributed by atoms with van der Waals surface area (Å²) in [5.74, 6) is -2.20. The van der Waals surface area contributed by atoms with Crippen LogP contribution in [0, 0.1) is 0 Å². The van der Waals surface area contributed by atoms with Crippen LogP contribution in [0.1, 0.15) is 43.0 Å². The molecule has 296 valence electrons. The van der Waals surface area contributed by atoms with E-state index in [1.54, 1.807) is 48.5 Å². The number of carbonyl (C=O) groups excluding carboxylic acids is 6. The number of likely N-dealkylation sites (N-methyl/N-ethyl adjacent to an activating group) is 3. The molecule has 0 radical (unpaired) electrons. The number of hydrogen-bond acceptors (Lipinski definition) is 8. The summed E-state index contributed by atoms with van der Waals surface area (Å²) in [4.78, 5) is 88.2. The van der Waals surface area contributed by atoms with Gasteiger partial charge in [-0.1, -0.05) is 55.1 Å². The molecule has 6 atom stereocenters. The second-order valence-corrected chi connectivity index (χ2v) is 14.4. The molecular weight excluding hydrogens is 716 g/mol. The van der Waals surface area contributed by atoms with E-state index in [1.165, 1.54) is 63.7 Å². The Labute approximate surface area is 327 Å². The van der Waals surface area contributed by atoms with Gasteiger partial charge in [-0.3, -0.25) is 28.8 Å². The third-order valence-electron chi connectivity index (χ3n) is 10.4. The summed E-state index contributed by atoms with van der Waals surface area (Å²) < 4.78 is 11.7. The van der Waals surface area contributed by atoms with E-state index in [1.807, 2.05) is 24.3 Å². The molecular formula is C42H50N6O8. The Kier molecular flexibility index (Phi) is 12.8. The number of nitrogens with zero attached hydrogens (tertiary/aromatic N) is 3. The molecule has 1 fully saturated rings. The maximum Gasteiger partial charge on any atom is 0.246 e. The summed E-state index contributed by atoms with van der Waals surface area (Å²) in [6.07, 6.45) is 1.85. The number of fused-ring (bicyclic) bond motifs is 2. The number of methoxy groups -OCH3 is 1. The van der Waals surface area contributed by atoms with E-state index in [4.69, 9.17) is 9.47 Å². The summed E-state index contributed by atoms with van der Waals surface area (Å²) >= 11 is 0. The number of nitrogens with one attached hydrogen (secondary N) is 3. The normalized spacial score (nSPS) is 24.3. The van der Waals surface area contributed by atoms with Gasteiger partial charge in [0.15, 0.2) is 11.5 Å². The minimum absolute atomic E-state index is 0.00851. The topological polar surface area (TPSA) is 167 Å². The van der Waals surface area contributed by atoms with Crippen molar-refractivity contribution < 1.29 is 38.2 Å². The van der Waals surface area contributed by atoms with E-state index in [0.717, 1.165) is 11.1 Å². The Balaban J connectivity index is 1.58. The van der Waals surface area contributed by atoms with Gasteiger partial charge in [-0.15, -0.1) is 0 Å². The van der Waals surface area contributed by atoms with E-state index in [9.17, 15) is 28.8 Å². The van der Waals surface area contributed by atoms with Crippen molar-refractivity contribution in [3.05, 3.63) is 95.6 Å². The Morgan fingerprint density at radius 3 is 1.86 bits per heavy atom. The number of amides is 6. The molecule has 1 saturated heterocycles. The lowest BCUT2D eigenvalue weighted by Gasteiger charge is -2.36. The van der Waals surface area contributed by atoms with Crippen LogP contribution in [0.3, 0.4) is 0 Å². The smallest absolute Gasteiger partial charge is 0.246 e. The lowest BCUT2D eigenvalue weighted by molar-refractivity contribution is -0.149. The zero-order valence-electron chi connectivity index (χ0n) is 32.8. The van der Waals surface area contributed by atoms with Crippen molar-refractivity contribution in [1.29, 1.82) is 0 Å². The quantitative estimate of drug-likeness (QED) is 0.365. The Hall–Kier alpha value is -6.18. The Morgan fingerprint density at radius 2 is 1.23 bits per heavy atom. The standard InChI is InChI=1S/C42H50N6O8/c1-9-27-10-12-28(13-11-27)20-32-39(51)45-26(4)41(53)48(7)34-21-29-14-17-31(18-15-29)56-36-23-30(16-19-35(36)55-8)22-33(47(6)42(34)54)38(50)43-24(2)37(49)44-25(3)40(52)46(32)5/h9-19,23-26,32-34H,1,20-22H2,2-8H3,(H,43,50)(H,44,49)(H,45,51)/t24-,25-,26-,32-,33-,34-/m0/s1. The van der Waals surface area contributed by atoms with Crippen LogP contribution in [-0.4, -0.2) is 115 Å². The molecule has 6 bridgehead atoms. The second-order valence-electron chi connectivity index (χ2n) is 14.4. The third-order valence-corrected chi connectivity index (χ3v) is 10.4. The van der Waals surface area contributed by atoms with E-state index >= 15 is 0 Å². The highest BCUT2D eigenvalue weighted by Crippen LogP contribution is 2.34. The molecule has 3 N–H and O–H groups in total. The van der Waals surface area contributed by atoms with Gasteiger partial charge in [0, 0.05) is 40.4 Å². The molecule has 6 rings (SSSR count). The zero-order valence-corrected chi connectivity index (χ0v) is 32.8. The zero-order chi connectivity index (χ0) is 40.8. The van der Waals surface area contributed by atoms with Crippen LogP contribution < -0.4 is 25.4 Å². The summed E-state index contributed by atoms with van der Waals surface area (Å²) in [6, 6.07) is 12.8. The highest BCUT2D eigenvalue weighted by atomic mass is 16.5. The van der Waals surface area contributed by atoms with Gasteiger partial charge < -0.3 is 40.1 Å². The Bertz CT molecular complexity index is 1980. The molecule has 3 aromatic carbocycles. The van der Waals surface area contributed by atoms with Crippen LogP contribution in [-0.2, 0) is 48.0 Å². The average molecular weight is 767 g/mol. The highest BCUT2D eigenvalue weighted by molar-refractivity contribution is 5.98. The second kappa shape index (κ2) is 17.5. The molecule has 3 heterocycles. The van der Waals surface area contributed by atoms with E-state index in [2.05, 4.69) is 22.5 Å². The molecule has 3 aliphatic rings. The van der Waals surface area contributed by atoms with Crippen LogP contribution in [0.5, 0.6) is 17.2 Å². The first-order valence-corrected chi connectivity index (χ1v) is 18.5. The van der Waals surface area contributed by atoms with Gasteiger partial charge in [-0.2, -0.15) is 0 Å². The van der Waals surface area contributed by atoms with Gasteiger partial charge in [0.1, 0.15) is 42.0 Å². The van der Waals surface area contributed by atoms with E-state index < -0.39 is 71.7 Å². The summed E-state index contributed by atoms with van der Waals surface area (Å²) in [5, 5.41) is 8.16. The maximum absolute atomic E-state index is 14.7. The number of hydrogen-bond donors (Lipinski definition) is 3. The SMILES string of the molecule is C=Cc1ccc(C[C@H]2C(=O)N[C@@H](C)C(=O)N(C)[C@H]3Cc4ccc(cc4)Oc4cc(ccc4OC)C[C@@H](C(=O)N[C@@H](C)C(=O)N[C@@H](C)C(=O)N2C)N(C)C3=O)cc1. The largest absolute Gasteiger partial charge is 0.493 e. The summed E-state index contributed by atoms with van der Waals surface area (Å²) in [7, 11) is 5.93. The highest BCUT2D eigenvalue weighted by Gasteiger charge is 2.39. The van der Waals surface area contributed by atoms with Crippen molar-refractivity contribution in [2.75, 3.05) is 28.3 Å². The lowest BCUT2D eigenvalue weighted by atomic mass is 9.98. The first-order chi connectivity index (χ1) is 26.6. The first kappa shape index (κ1) is 41.0. The van der Waals surface area contributed by atoms with Gasteiger partial charge in [-0.05, 0) is 67.3 Å². The van der Waals surface area contributed by atoms with Crippen LogP contribution >= 0.6 is 0 Å². The minimum Gasteiger partial charge on any atom is -0.493 e. The van der Waals surface area contributed by atoms with Crippen LogP contribution in [0.2, 0.25) is 0 Å². The molecule has 3 aliphatic heterocycles. The van der Waals surface area contributed by atoms with Gasteiger partial charge in [0.2, 0.25) is 35.4 Å². The molecule has 0 saturated carbocycles. The van der Waals surface area contributed by atoms with Crippen molar-refractivity contribution in [3.63, 3.8) is 0 Å². The van der Waals surface area contributed by atoms with Crippen LogP contribution in [0.4, 0.5) is 0 Å². The fourth-order valence-corrected chi connectivity index (χ4v) is 6.86. The third kappa shape index (κ3) is 9.19. The van der Waals surface area contributed by atoms with Crippen molar-refractivity contribution in [3.8, 4) is 17.2 Å². The molecule has 0 unspecified atom stereocenters. The van der Waals surface area contributed by atoms with E-state index in [0.29, 0.717) is 28.4 Å². The van der Waals surface area contributed by atoms with Crippen molar-refractivity contribution in [1.82, 2.24) is 30.7 Å². The van der Waals surface area contributed by atoms with Gasteiger partial charge in [0.25, 0.3) is 0 Å². The minimum atomic E-state index is -1.16. The van der Waals surface area contributed by atoms with Gasteiger partial charge >= 0.3 is 0 Å². The molecule has 0 spiro atoms. The van der Waals surface area contributed by atoms with Crippen molar-refractivity contribution in [2.45, 2.75) is 76.3 Å². The van der Waals surface area contributed by atoms with Gasteiger partial charge in [-0.25, -0.2) is 0 Å². The monoisotopic (exact) mass is 766 g/mol. The molecule has 14 heteroatoms. The number of ether oxygens (including phenoxy) is 2. The molecule has 0 aliphatic carbocycles. The molecule has 56 heavy (non-hydrogen) atoms. The fourth-order valence-electron chi connectivity index (χ4n) is 6.86. The van der Waals surface area contributed by atoms with E-state index in [-0.39, 0.29) is 19.3 Å².